The van der Waals surface area contributed by atoms with E-state index in [0.717, 1.165) is 22.4 Å². The topological polar surface area (TPSA) is 40.6 Å². The van der Waals surface area contributed by atoms with Crippen molar-refractivity contribution in [1.29, 1.82) is 0 Å². The Balaban J connectivity index is 1.61. The molecular formula is C25H24N2O2. The Morgan fingerprint density at radius 1 is 0.897 bits per heavy atom. The number of carbonyl (C=O) groups excluding carboxylic acids is 2. The van der Waals surface area contributed by atoms with E-state index in [9.17, 15) is 9.59 Å². The second-order valence-electron chi connectivity index (χ2n) is 7.42. The normalized spacial score (nSPS) is 16.8. The molecule has 3 aromatic carbocycles. The summed E-state index contributed by atoms with van der Waals surface area (Å²) in [6.45, 7) is 4.75. The Hall–Kier alpha value is -3.40. The van der Waals surface area contributed by atoms with Crippen LogP contribution in [0.5, 0.6) is 0 Å². The van der Waals surface area contributed by atoms with Crippen molar-refractivity contribution >= 4 is 17.5 Å². The maximum atomic E-state index is 13.3. The van der Waals surface area contributed by atoms with Gasteiger partial charge < -0.3 is 9.80 Å². The van der Waals surface area contributed by atoms with E-state index in [4.69, 9.17) is 0 Å². The molecule has 4 nitrogen and oxygen atoms in total. The van der Waals surface area contributed by atoms with Gasteiger partial charge in [-0.05, 0) is 37.6 Å². The molecule has 1 aliphatic rings. The summed E-state index contributed by atoms with van der Waals surface area (Å²) in [5, 5.41) is 0. The van der Waals surface area contributed by atoms with Gasteiger partial charge in [0.2, 0.25) is 5.91 Å². The Labute approximate surface area is 171 Å². The van der Waals surface area contributed by atoms with Crippen LogP contribution in [0, 0.1) is 6.92 Å². The van der Waals surface area contributed by atoms with Gasteiger partial charge in [0.25, 0.3) is 5.91 Å². The largest absolute Gasteiger partial charge is 0.325 e. The fourth-order valence-corrected chi connectivity index (χ4v) is 3.90. The summed E-state index contributed by atoms with van der Waals surface area (Å²) in [4.78, 5) is 29.7. The summed E-state index contributed by atoms with van der Waals surface area (Å²) in [6, 6.07) is 25.0. The van der Waals surface area contributed by atoms with Crippen molar-refractivity contribution in [2.45, 2.75) is 19.9 Å². The van der Waals surface area contributed by atoms with Crippen LogP contribution in [-0.2, 0) is 4.79 Å². The Morgan fingerprint density at radius 2 is 1.62 bits per heavy atom. The second kappa shape index (κ2) is 7.92. The fourth-order valence-electron chi connectivity index (χ4n) is 3.90. The van der Waals surface area contributed by atoms with Gasteiger partial charge in [0.1, 0.15) is 6.04 Å². The summed E-state index contributed by atoms with van der Waals surface area (Å²) in [6.07, 6.45) is 0. The Morgan fingerprint density at radius 3 is 2.38 bits per heavy atom. The zero-order valence-electron chi connectivity index (χ0n) is 16.7. The van der Waals surface area contributed by atoms with Crippen LogP contribution < -0.4 is 4.90 Å². The van der Waals surface area contributed by atoms with Gasteiger partial charge in [-0.3, -0.25) is 9.59 Å². The van der Waals surface area contributed by atoms with E-state index >= 15 is 0 Å². The summed E-state index contributed by atoms with van der Waals surface area (Å²) in [5.74, 6) is -0.147. The van der Waals surface area contributed by atoms with Crippen LogP contribution in [0.25, 0.3) is 11.1 Å². The van der Waals surface area contributed by atoms with E-state index in [1.807, 2.05) is 97.6 Å². The highest BCUT2D eigenvalue weighted by molar-refractivity contribution is 6.05. The molecule has 146 valence electrons. The smallest absolute Gasteiger partial charge is 0.254 e. The van der Waals surface area contributed by atoms with Gasteiger partial charge >= 0.3 is 0 Å². The third-order valence-corrected chi connectivity index (χ3v) is 5.46. The van der Waals surface area contributed by atoms with Gasteiger partial charge in [0.05, 0.1) is 5.69 Å². The zero-order valence-corrected chi connectivity index (χ0v) is 16.7. The van der Waals surface area contributed by atoms with Gasteiger partial charge in [-0.15, -0.1) is 0 Å². The molecule has 0 aliphatic carbocycles. The Kier molecular flexibility index (Phi) is 5.17. The zero-order chi connectivity index (χ0) is 20.4. The molecule has 4 heteroatoms. The number of piperazine rings is 1. The Bertz CT molecular complexity index is 1050. The minimum absolute atomic E-state index is 0.0550. The van der Waals surface area contributed by atoms with Crippen molar-refractivity contribution in [3.63, 3.8) is 0 Å². The van der Waals surface area contributed by atoms with Crippen LogP contribution in [-0.4, -0.2) is 35.8 Å². The molecule has 1 saturated heterocycles. The molecule has 0 bridgehead atoms. The van der Waals surface area contributed by atoms with Crippen LogP contribution in [0.1, 0.15) is 22.8 Å². The molecular weight excluding hydrogens is 360 g/mol. The second-order valence-corrected chi connectivity index (χ2v) is 7.42. The number of para-hydroxylation sites is 1. The molecule has 0 saturated carbocycles. The fraction of sp³-hybridized carbons (Fsp3) is 0.200. The number of nitrogens with zero attached hydrogens (tertiary/aromatic N) is 2. The van der Waals surface area contributed by atoms with Crippen LogP contribution in [0.2, 0.25) is 0 Å². The minimum atomic E-state index is -0.513. The quantitative estimate of drug-likeness (QED) is 0.665. The molecule has 0 unspecified atom stereocenters. The summed E-state index contributed by atoms with van der Waals surface area (Å²) in [5.41, 5.74) is 4.64. The first-order valence-corrected chi connectivity index (χ1v) is 9.90. The predicted molar refractivity (Wildman–Crippen MR) is 116 cm³/mol. The monoisotopic (exact) mass is 384 g/mol. The summed E-state index contributed by atoms with van der Waals surface area (Å²) < 4.78 is 0. The number of aryl methyl sites for hydroxylation is 1. The van der Waals surface area contributed by atoms with E-state index in [2.05, 4.69) is 0 Å². The molecule has 1 aliphatic heterocycles. The third kappa shape index (κ3) is 3.66. The molecule has 2 amide bonds. The molecule has 1 atom stereocenters. The molecule has 0 spiro atoms. The third-order valence-electron chi connectivity index (χ3n) is 5.46. The molecule has 4 rings (SSSR count). The van der Waals surface area contributed by atoms with Crippen LogP contribution in [0.15, 0.2) is 78.9 Å². The van der Waals surface area contributed by atoms with Gasteiger partial charge in [0.15, 0.2) is 0 Å². The van der Waals surface area contributed by atoms with Gasteiger partial charge in [-0.2, -0.15) is 0 Å². The molecule has 1 fully saturated rings. The van der Waals surface area contributed by atoms with Crippen molar-refractivity contribution in [1.82, 2.24) is 4.90 Å². The van der Waals surface area contributed by atoms with Crippen LogP contribution in [0.4, 0.5) is 5.69 Å². The maximum absolute atomic E-state index is 13.3. The maximum Gasteiger partial charge on any atom is 0.254 e. The van der Waals surface area contributed by atoms with E-state index in [-0.39, 0.29) is 11.8 Å². The lowest BCUT2D eigenvalue weighted by Crippen LogP contribution is -2.57. The standard InChI is InChI=1S/C25H24N2O2/c1-18-9-8-12-21(17-18)25(29)26-15-16-27(24(28)19(26)2)23-14-7-6-13-22(23)20-10-4-3-5-11-20/h3-14,17,19H,15-16H2,1-2H3/t19-/m1/s1. The van der Waals surface area contributed by atoms with Crippen molar-refractivity contribution < 1.29 is 9.59 Å². The van der Waals surface area contributed by atoms with Crippen molar-refractivity contribution in [2.75, 3.05) is 18.0 Å². The van der Waals surface area contributed by atoms with Crippen molar-refractivity contribution in [3.8, 4) is 11.1 Å². The number of carbonyl (C=O) groups is 2. The molecule has 1 heterocycles. The van der Waals surface area contributed by atoms with Gasteiger partial charge in [0, 0.05) is 24.2 Å². The first-order valence-electron chi connectivity index (χ1n) is 9.90. The van der Waals surface area contributed by atoms with Crippen molar-refractivity contribution in [2.24, 2.45) is 0 Å². The van der Waals surface area contributed by atoms with Gasteiger partial charge in [-0.1, -0.05) is 66.2 Å². The average Bonchev–Trinajstić information content (AvgIpc) is 2.76. The number of anilines is 1. The summed E-state index contributed by atoms with van der Waals surface area (Å²) >= 11 is 0. The lowest BCUT2D eigenvalue weighted by atomic mass is 10.0. The highest BCUT2D eigenvalue weighted by atomic mass is 16.2. The van der Waals surface area contributed by atoms with E-state index in [1.165, 1.54) is 0 Å². The number of hydrogen-bond acceptors (Lipinski definition) is 2. The van der Waals surface area contributed by atoms with Crippen LogP contribution in [0.3, 0.4) is 0 Å². The number of hydrogen-bond donors (Lipinski definition) is 0. The van der Waals surface area contributed by atoms with Crippen LogP contribution >= 0.6 is 0 Å². The molecule has 0 aromatic heterocycles. The van der Waals surface area contributed by atoms with E-state index < -0.39 is 6.04 Å². The molecule has 3 aromatic rings. The lowest BCUT2D eigenvalue weighted by molar-refractivity contribution is -0.124. The summed E-state index contributed by atoms with van der Waals surface area (Å²) in [7, 11) is 0. The first kappa shape index (κ1) is 18.9. The highest BCUT2D eigenvalue weighted by Gasteiger charge is 2.36. The highest BCUT2D eigenvalue weighted by Crippen LogP contribution is 2.32. The molecule has 29 heavy (non-hydrogen) atoms. The van der Waals surface area contributed by atoms with Gasteiger partial charge in [-0.25, -0.2) is 0 Å². The molecule has 0 N–H and O–H groups in total. The predicted octanol–water partition coefficient (Wildman–Crippen LogP) is 4.54. The average molecular weight is 384 g/mol. The molecule has 0 radical (unpaired) electrons. The first-order chi connectivity index (χ1) is 14.1. The van der Waals surface area contributed by atoms with E-state index in [0.29, 0.717) is 18.7 Å². The van der Waals surface area contributed by atoms with E-state index in [1.54, 1.807) is 4.90 Å². The minimum Gasteiger partial charge on any atom is -0.325 e. The number of rotatable bonds is 3. The number of benzene rings is 3. The lowest BCUT2D eigenvalue weighted by Gasteiger charge is -2.39. The number of amides is 2. The van der Waals surface area contributed by atoms with Crippen molar-refractivity contribution in [3.05, 3.63) is 90.0 Å². The SMILES string of the molecule is Cc1cccc(C(=O)N2CCN(c3ccccc3-c3ccccc3)C(=O)[C@H]2C)c1.